The molecule has 1 atom stereocenters. The predicted molar refractivity (Wildman–Crippen MR) is 93.5 cm³/mol. The molecule has 25 heavy (non-hydrogen) atoms. The van der Waals surface area contributed by atoms with E-state index in [-0.39, 0.29) is 17.2 Å². The Morgan fingerprint density at radius 3 is 2.52 bits per heavy atom. The third kappa shape index (κ3) is 5.13. The van der Waals surface area contributed by atoms with E-state index in [4.69, 9.17) is 0 Å². The van der Waals surface area contributed by atoms with Crippen molar-refractivity contribution in [3.05, 3.63) is 52.2 Å². The van der Waals surface area contributed by atoms with E-state index in [1.807, 2.05) is 30.3 Å². The summed E-state index contributed by atoms with van der Waals surface area (Å²) in [6.45, 7) is -0.306. The monoisotopic (exact) mass is 362 g/mol. The maximum absolute atomic E-state index is 12.0. The average Bonchev–Trinajstić information content (AvgIpc) is 3.09. The number of rotatable bonds is 6. The van der Waals surface area contributed by atoms with E-state index in [1.54, 1.807) is 5.38 Å². The van der Waals surface area contributed by atoms with Crippen molar-refractivity contribution >= 4 is 34.8 Å². The fourth-order valence-electron chi connectivity index (χ4n) is 2.15. The second kappa shape index (κ2) is 8.95. The topological polar surface area (TPSA) is 105 Å². The van der Waals surface area contributed by atoms with E-state index in [0.717, 1.165) is 16.9 Å². The molecule has 1 heterocycles. The van der Waals surface area contributed by atoms with Crippen molar-refractivity contribution in [3.8, 4) is 0 Å². The third-order valence-corrected chi connectivity index (χ3v) is 4.27. The molecule has 0 aliphatic rings. The van der Waals surface area contributed by atoms with E-state index in [0.29, 0.717) is 6.42 Å². The number of hydrogen-bond donors (Lipinski definition) is 3. The largest absolute Gasteiger partial charge is 0.465 e. The number of methoxy groups -OCH3 is 1. The first-order valence-electron chi connectivity index (χ1n) is 7.47. The highest BCUT2D eigenvalue weighted by Crippen LogP contribution is 2.22. The van der Waals surface area contributed by atoms with Gasteiger partial charge in [0.15, 0.2) is 0 Å². The number of hydrogen-bond acceptors (Lipinski definition) is 6. The number of thiophene rings is 1. The first-order valence-corrected chi connectivity index (χ1v) is 8.35. The van der Waals surface area contributed by atoms with Crippen LogP contribution in [0.15, 0.2) is 41.8 Å². The Morgan fingerprint density at radius 1 is 1.16 bits per heavy atom. The van der Waals surface area contributed by atoms with E-state index in [2.05, 4.69) is 15.4 Å². The number of amides is 2. The number of carbonyl (C=O) groups is 3. The summed E-state index contributed by atoms with van der Waals surface area (Å²) >= 11 is 1.10. The van der Waals surface area contributed by atoms with Gasteiger partial charge in [-0.2, -0.15) is 0 Å². The quantitative estimate of drug-likeness (QED) is 0.529. The molecule has 1 aromatic heterocycles. The maximum Gasteiger partial charge on any atom is 0.350 e. The van der Waals surface area contributed by atoms with Crippen molar-refractivity contribution in [2.45, 2.75) is 12.5 Å². The number of benzene rings is 1. The van der Waals surface area contributed by atoms with Crippen LogP contribution in [0, 0.1) is 0 Å². The zero-order valence-corrected chi connectivity index (χ0v) is 14.3. The van der Waals surface area contributed by atoms with Crippen molar-refractivity contribution in [2.75, 3.05) is 19.0 Å². The Labute approximate surface area is 148 Å². The van der Waals surface area contributed by atoms with Crippen LogP contribution in [0.25, 0.3) is 0 Å². The fraction of sp³-hybridized carbons (Fsp3) is 0.235. The summed E-state index contributed by atoms with van der Waals surface area (Å²) in [5.41, 5.74) is 1.13. The van der Waals surface area contributed by atoms with Gasteiger partial charge in [-0.3, -0.25) is 9.59 Å². The van der Waals surface area contributed by atoms with Gasteiger partial charge in [0.2, 0.25) is 0 Å². The molecule has 0 aliphatic carbocycles. The van der Waals surface area contributed by atoms with E-state index in [1.165, 1.54) is 13.2 Å². The van der Waals surface area contributed by atoms with Crippen molar-refractivity contribution in [3.63, 3.8) is 0 Å². The van der Waals surface area contributed by atoms with Gasteiger partial charge in [0.25, 0.3) is 0 Å². The number of ether oxygens (including phenoxy) is 1. The molecular weight excluding hydrogens is 344 g/mol. The smallest absolute Gasteiger partial charge is 0.350 e. The minimum Gasteiger partial charge on any atom is -0.465 e. The number of nitrogens with one attached hydrogen (secondary N) is 2. The molecule has 7 nitrogen and oxygen atoms in total. The highest BCUT2D eigenvalue weighted by molar-refractivity contribution is 7.12. The van der Waals surface area contributed by atoms with Gasteiger partial charge in [-0.1, -0.05) is 30.3 Å². The Kier molecular flexibility index (Phi) is 6.67. The van der Waals surface area contributed by atoms with E-state index >= 15 is 0 Å². The third-order valence-electron chi connectivity index (χ3n) is 3.37. The lowest BCUT2D eigenvalue weighted by atomic mass is 10.1. The number of aliphatic hydroxyl groups is 1. The summed E-state index contributed by atoms with van der Waals surface area (Å²) in [7, 11) is 1.23. The van der Waals surface area contributed by atoms with Gasteiger partial charge in [0.05, 0.1) is 25.4 Å². The molecular formula is C17H18N2O5S. The molecule has 8 heteroatoms. The minimum atomic E-state index is -0.921. The van der Waals surface area contributed by atoms with Crippen molar-refractivity contribution in [2.24, 2.45) is 0 Å². The standard InChI is InChI=1S/C17H18N2O5S/c1-24-17(23)14-13(7-8-25-14)19-16(22)15(21)18-12(10-20)9-11-5-3-2-4-6-11/h2-8,12,20H,9-10H2,1H3,(H,18,21)(H,19,22)/t12-/m1/s1. The summed E-state index contributed by atoms with van der Waals surface area (Å²) < 4.78 is 4.61. The van der Waals surface area contributed by atoms with Gasteiger partial charge < -0.3 is 20.5 Å². The lowest BCUT2D eigenvalue weighted by Gasteiger charge is -2.16. The van der Waals surface area contributed by atoms with E-state index in [9.17, 15) is 19.5 Å². The van der Waals surface area contributed by atoms with E-state index < -0.39 is 23.8 Å². The summed E-state index contributed by atoms with van der Waals surface area (Å²) in [5.74, 6) is -2.41. The van der Waals surface area contributed by atoms with Crippen LogP contribution >= 0.6 is 11.3 Å². The van der Waals surface area contributed by atoms with Gasteiger partial charge in [0.1, 0.15) is 4.88 Å². The first-order chi connectivity index (χ1) is 12.0. The summed E-state index contributed by atoms with van der Waals surface area (Å²) in [5, 5.41) is 15.9. The summed E-state index contributed by atoms with van der Waals surface area (Å²) in [6.07, 6.45) is 0.391. The Morgan fingerprint density at radius 2 is 1.88 bits per heavy atom. The van der Waals surface area contributed by atoms with Crippen LogP contribution in [0.5, 0.6) is 0 Å². The summed E-state index contributed by atoms with van der Waals surface area (Å²) in [6, 6.07) is 10.2. The molecule has 2 aromatic rings. The Balaban J connectivity index is 1.96. The molecule has 0 unspecified atom stereocenters. The molecule has 0 radical (unpaired) electrons. The molecule has 0 bridgehead atoms. The molecule has 0 aliphatic heterocycles. The zero-order valence-electron chi connectivity index (χ0n) is 13.5. The molecule has 0 fully saturated rings. The van der Waals surface area contributed by atoms with Gasteiger partial charge in [-0.15, -0.1) is 11.3 Å². The van der Waals surface area contributed by atoms with Crippen molar-refractivity contribution < 1.29 is 24.2 Å². The predicted octanol–water partition coefficient (Wildman–Crippen LogP) is 1.19. The molecule has 132 valence electrons. The zero-order chi connectivity index (χ0) is 18.2. The number of aliphatic hydroxyl groups excluding tert-OH is 1. The average molecular weight is 362 g/mol. The van der Waals surface area contributed by atoms with Crippen LogP contribution in [0.1, 0.15) is 15.2 Å². The fourth-order valence-corrected chi connectivity index (χ4v) is 2.91. The van der Waals surface area contributed by atoms with Gasteiger partial charge in [-0.05, 0) is 23.4 Å². The van der Waals surface area contributed by atoms with Gasteiger partial charge in [-0.25, -0.2) is 4.79 Å². The molecule has 3 N–H and O–H groups in total. The highest BCUT2D eigenvalue weighted by Gasteiger charge is 2.21. The number of esters is 1. The summed E-state index contributed by atoms with van der Waals surface area (Å²) in [4.78, 5) is 35.8. The van der Waals surface area contributed by atoms with Gasteiger partial charge >= 0.3 is 17.8 Å². The second-order valence-corrected chi connectivity index (χ2v) is 6.07. The van der Waals surface area contributed by atoms with Crippen LogP contribution in [-0.2, 0) is 20.7 Å². The normalized spacial score (nSPS) is 11.4. The van der Waals surface area contributed by atoms with Crippen molar-refractivity contribution in [1.82, 2.24) is 5.32 Å². The molecule has 1 aromatic carbocycles. The first kappa shape index (κ1) is 18.6. The Hall–Kier alpha value is -2.71. The van der Waals surface area contributed by atoms with Crippen LogP contribution in [0.3, 0.4) is 0 Å². The van der Waals surface area contributed by atoms with Crippen LogP contribution in [0.2, 0.25) is 0 Å². The number of carbonyl (C=O) groups excluding carboxylic acids is 3. The molecule has 0 saturated heterocycles. The molecule has 0 spiro atoms. The lowest BCUT2D eigenvalue weighted by molar-refractivity contribution is -0.136. The minimum absolute atomic E-state index is 0.201. The van der Waals surface area contributed by atoms with Gasteiger partial charge in [0, 0.05) is 0 Å². The molecule has 0 saturated carbocycles. The maximum atomic E-state index is 12.0. The van der Waals surface area contributed by atoms with Crippen LogP contribution in [-0.4, -0.2) is 42.6 Å². The Bertz CT molecular complexity index is 745. The van der Waals surface area contributed by atoms with Crippen LogP contribution < -0.4 is 10.6 Å². The number of anilines is 1. The SMILES string of the molecule is COC(=O)c1sccc1NC(=O)C(=O)N[C@@H](CO)Cc1ccccc1. The lowest BCUT2D eigenvalue weighted by Crippen LogP contribution is -2.44. The second-order valence-electron chi connectivity index (χ2n) is 5.15. The molecule has 2 rings (SSSR count). The van der Waals surface area contributed by atoms with Crippen molar-refractivity contribution in [1.29, 1.82) is 0 Å². The highest BCUT2D eigenvalue weighted by atomic mass is 32.1. The van der Waals surface area contributed by atoms with Crippen LogP contribution in [0.4, 0.5) is 5.69 Å². The molecule has 2 amide bonds.